The summed E-state index contributed by atoms with van der Waals surface area (Å²) in [6.45, 7) is 0.622. The molecule has 0 aliphatic rings. The van der Waals surface area contributed by atoms with Gasteiger partial charge < -0.3 is 4.90 Å². The van der Waals surface area contributed by atoms with Gasteiger partial charge in [-0.3, -0.25) is 4.79 Å². The van der Waals surface area contributed by atoms with Crippen LogP contribution >= 0.6 is 0 Å². The maximum absolute atomic E-state index is 12.3. The highest BCUT2D eigenvalue weighted by atomic mass is 32.2. The lowest BCUT2D eigenvalue weighted by Gasteiger charge is -2.17. The van der Waals surface area contributed by atoms with E-state index in [2.05, 4.69) is 12.1 Å². The van der Waals surface area contributed by atoms with Crippen LogP contribution in [0.1, 0.15) is 30.4 Å². The molecule has 2 rings (SSSR count). The quantitative estimate of drug-likeness (QED) is 0.573. The predicted octanol–water partition coefficient (Wildman–Crippen LogP) is 3.35. The summed E-state index contributed by atoms with van der Waals surface area (Å²) in [5.74, 6) is 0.153. The Morgan fingerprint density at radius 3 is 2.04 bits per heavy atom. The molecule has 0 N–H and O–H groups in total. The van der Waals surface area contributed by atoms with Crippen molar-refractivity contribution in [1.29, 1.82) is 0 Å². The number of sulfonamides is 1. The van der Waals surface area contributed by atoms with E-state index in [1.807, 2.05) is 37.4 Å². The molecule has 6 heteroatoms. The van der Waals surface area contributed by atoms with Gasteiger partial charge in [-0.2, -0.15) is 0 Å². The Morgan fingerprint density at radius 1 is 0.821 bits per heavy atom. The Kier molecular flexibility index (Phi) is 8.20. The van der Waals surface area contributed by atoms with Gasteiger partial charge in [-0.25, -0.2) is 12.7 Å². The first-order valence-electron chi connectivity index (χ1n) is 9.60. The van der Waals surface area contributed by atoms with E-state index in [0.717, 1.165) is 24.8 Å². The molecule has 0 aromatic heterocycles. The zero-order valence-corrected chi connectivity index (χ0v) is 17.8. The highest BCUT2D eigenvalue weighted by molar-refractivity contribution is 7.89. The zero-order valence-electron chi connectivity index (χ0n) is 17.0. The van der Waals surface area contributed by atoms with Gasteiger partial charge in [0.05, 0.1) is 4.90 Å². The minimum Gasteiger partial charge on any atom is -0.345 e. The van der Waals surface area contributed by atoms with Crippen LogP contribution < -0.4 is 0 Å². The number of nitrogens with zero attached hydrogens (tertiary/aromatic N) is 2. The Bertz CT molecular complexity index is 847. The fourth-order valence-electron chi connectivity index (χ4n) is 2.90. The number of hydrogen-bond acceptors (Lipinski definition) is 3. The molecule has 0 aliphatic heterocycles. The molecule has 0 heterocycles. The Hall–Kier alpha value is -2.18. The van der Waals surface area contributed by atoms with Crippen molar-refractivity contribution in [3.8, 4) is 0 Å². The number of unbranched alkanes of at least 4 members (excludes halogenated alkanes) is 1. The summed E-state index contributed by atoms with van der Waals surface area (Å²) in [4.78, 5) is 14.3. The van der Waals surface area contributed by atoms with E-state index >= 15 is 0 Å². The van der Waals surface area contributed by atoms with Gasteiger partial charge in [0, 0.05) is 34.1 Å². The SMILES string of the molecule is CN(CCc1ccc(S(=O)(=O)N(C)C)cc1)C(=O)CCCCc1ccccc1. The summed E-state index contributed by atoms with van der Waals surface area (Å²) in [6, 6.07) is 17.2. The number of hydrogen-bond donors (Lipinski definition) is 0. The van der Waals surface area contributed by atoms with Crippen LogP contribution in [0.4, 0.5) is 0 Å². The van der Waals surface area contributed by atoms with Crippen molar-refractivity contribution in [2.75, 3.05) is 27.7 Å². The lowest BCUT2D eigenvalue weighted by atomic mass is 10.1. The molecule has 2 aromatic rings. The van der Waals surface area contributed by atoms with Crippen molar-refractivity contribution in [3.05, 3.63) is 65.7 Å². The number of aryl methyl sites for hydroxylation is 1. The summed E-state index contributed by atoms with van der Waals surface area (Å²) in [5.41, 5.74) is 2.32. The first kappa shape index (κ1) is 22.1. The maximum Gasteiger partial charge on any atom is 0.242 e. The van der Waals surface area contributed by atoms with Gasteiger partial charge in [-0.1, -0.05) is 42.5 Å². The minimum atomic E-state index is -3.40. The van der Waals surface area contributed by atoms with Crippen LogP contribution in [0, 0.1) is 0 Å². The molecule has 2 aromatic carbocycles. The van der Waals surface area contributed by atoms with Crippen LogP contribution in [-0.2, 0) is 27.7 Å². The maximum atomic E-state index is 12.3. The molecule has 0 atom stereocenters. The highest BCUT2D eigenvalue weighted by Crippen LogP contribution is 2.14. The third kappa shape index (κ3) is 6.46. The van der Waals surface area contributed by atoms with Gasteiger partial charge >= 0.3 is 0 Å². The fourth-order valence-corrected chi connectivity index (χ4v) is 3.80. The lowest BCUT2D eigenvalue weighted by molar-refractivity contribution is -0.130. The van der Waals surface area contributed by atoms with Crippen molar-refractivity contribution in [2.45, 2.75) is 37.0 Å². The third-order valence-corrected chi connectivity index (χ3v) is 6.64. The van der Waals surface area contributed by atoms with E-state index in [-0.39, 0.29) is 10.8 Å². The smallest absolute Gasteiger partial charge is 0.242 e. The standard InChI is InChI=1S/C22H30N2O3S/c1-23(2)28(26,27)21-15-13-20(14-16-21)17-18-24(3)22(25)12-8-7-11-19-9-5-4-6-10-19/h4-6,9-10,13-16H,7-8,11-12,17-18H2,1-3H3. The van der Waals surface area contributed by atoms with Crippen LogP contribution in [-0.4, -0.2) is 51.2 Å². The summed E-state index contributed by atoms with van der Waals surface area (Å²) in [6.07, 6.45) is 4.15. The van der Waals surface area contributed by atoms with E-state index in [4.69, 9.17) is 0 Å². The molecule has 1 amide bonds. The van der Waals surface area contributed by atoms with Gasteiger partial charge in [0.15, 0.2) is 0 Å². The number of carbonyl (C=O) groups excluding carboxylic acids is 1. The van der Waals surface area contributed by atoms with E-state index < -0.39 is 10.0 Å². The molecule has 0 saturated heterocycles. The van der Waals surface area contributed by atoms with E-state index in [1.165, 1.54) is 24.0 Å². The van der Waals surface area contributed by atoms with Crippen LogP contribution in [0.2, 0.25) is 0 Å². The van der Waals surface area contributed by atoms with Crippen LogP contribution in [0.25, 0.3) is 0 Å². The van der Waals surface area contributed by atoms with Crippen molar-refractivity contribution in [1.82, 2.24) is 9.21 Å². The number of benzene rings is 2. The molecular formula is C22H30N2O3S. The van der Waals surface area contributed by atoms with Gasteiger partial charge in [0.1, 0.15) is 0 Å². The van der Waals surface area contributed by atoms with Gasteiger partial charge in [-0.05, 0) is 48.9 Å². The zero-order chi connectivity index (χ0) is 20.6. The summed E-state index contributed by atoms with van der Waals surface area (Å²) in [7, 11) is 1.46. The topological polar surface area (TPSA) is 57.7 Å². The van der Waals surface area contributed by atoms with E-state index in [0.29, 0.717) is 19.4 Å². The van der Waals surface area contributed by atoms with Gasteiger partial charge in [0.2, 0.25) is 15.9 Å². The molecule has 152 valence electrons. The Balaban J connectivity index is 1.73. The number of carbonyl (C=O) groups is 1. The second-order valence-electron chi connectivity index (χ2n) is 7.19. The number of amides is 1. The minimum absolute atomic E-state index is 0.153. The lowest BCUT2D eigenvalue weighted by Crippen LogP contribution is -2.28. The second-order valence-corrected chi connectivity index (χ2v) is 9.34. The first-order valence-corrected chi connectivity index (χ1v) is 11.0. The fraction of sp³-hybridized carbons (Fsp3) is 0.409. The Morgan fingerprint density at radius 2 is 1.43 bits per heavy atom. The second kappa shape index (κ2) is 10.4. The monoisotopic (exact) mass is 402 g/mol. The van der Waals surface area contributed by atoms with Crippen molar-refractivity contribution in [2.24, 2.45) is 0 Å². The highest BCUT2D eigenvalue weighted by Gasteiger charge is 2.16. The molecule has 5 nitrogen and oxygen atoms in total. The average Bonchev–Trinajstić information content (AvgIpc) is 2.70. The molecule has 28 heavy (non-hydrogen) atoms. The van der Waals surface area contributed by atoms with Gasteiger partial charge in [-0.15, -0.1) is 0 Å². The molecule has 0 aliphatic carbocycles. The molecule has 0 bridgehead atoms. The number of rotatable bonds is 10. The normalized spacial score (nSPS) is 11.6. The third-order valence-electron chi connectivity index (χ3n) is 4.81. The van der Waals surface area contributed by atoms with Crippen LogP contribution in [0.3, 0.4) is 0 Å². The molecule has 0 unspecified atom stereocenters. The number of likely N-dealkylation sites (N-methyl/N-ethyl adjacent to an activating group) is 1. The largest absolute Gasteiger partial charge is 0.345 e. The first-order chi connectivity index (χ1) is 13.3. The van der Waals surface area contributed by atoms with Crippen molar-refractivity contribution >= 4 is 15.9 Å². The van der Waals surface area contributed by atoms with Crippen LogP contribution in [0.15, 0.2) is 59.5 Å². The molecular weight excluding hydrogens is 372 g/mol. The van der Waals surface area contributed by atoms with E-state index in [9.17, 15) is 13.2 Å². The molecule has 0 spiro atoms. The molecule has 0 fully saturated rings. The summed E-state index contributed by atoms with van der Waals surface area (Å²) in [5, 5.41) is 0. The van der Waals surface area contributed by atoms with E-state index in [1.54, 1.807) is 17.0 Å². The summed E-state index contributed by atoms with van der Waals surface area (Å²) < 4.78 is 25.4. The summed E-state index contributed by atoms with van der Waals surface area (Å²) >= 11 is 0. The molecule has 0 saturated carbocycles. The average molecular weight is 403 g/mol. The van der Waals surface area contributed by atoms with Gasteiger partial charge in [0.25, 0.3) is 0 Å². The van der Waals surface area contributed by atoms with Crippen molar-refractivity contribution < 1.29 is 13.2 Å². The van der Waals surface area contributed by atoms with Crippen LogP contribution in [0.5, 0.6) is 0 Å². The van der Waals surface area contributed by atoms with Crippen molar-refractivity contribution in [3.63, 3.8) is 0 Å². The predicted molar refractivity (Wildman–Crippen MR) is 113 cm³/mol. The molecule has 0 radical (unpaired) electrons. The Labute approximate surface area is 169 Å².